The van der Waals surface area contributed by atoms with Gasteiger partial charge in [-0.3, -0.25) is 0 Å². The van der Waals surface area contributed by atoms with E-state index >= 15 is 0 Å². The van der Waals surface area contributed by atoms with E-state index in [4.69, 9.17) is 20.8 Å². The number of nitrogens with zero attached hydrogens (tertiary/aromatic N) is 1. The maximum Gasteiger partial charge on any atom is 0.212 e. The molecular weight excluding hydrogens is 202 g/mol. The van der Waals surface area contributed by atoms with Crippen molar-refractivity contribution < 1.29 is 9.15 Å². The van der Waals surface area contributed by atoms with Gasteiger partial charge in [0.15, 0.2) is 0 Å². The van der Waals surface area contributed by atoms with Crippen molar-refractivity contribution in [3.8, 4) is 0 Å². The molecule has 0 radical (unpaired) electrons. The van der Waals surface area contributed by atoms with E-state index in [-0.39, 0.29) is 5.38 Å². The first-order valence-electron chi connectivity index (χ1n) is 4.95. The molecule has 1 unspecified atom stereocenters. The lowest BCUT2D eigenvalue weighted by Gasteiger charge is -2.19. The SMILES string of the molecule is CC(Cl)c1ncc(C2CCOCC2)o1. The summed E-state index contributed by atoms with van der Waals surface area (Å²) in [6, 6.07) is 0. The van der Waals surface area contributed by atoms with Gasteiger partial charge in [0.05, 0.1) is 6.20 Å². The minimum atomic E-state index is -0.149. The fourth-order valence-corrected chi connectivity index (χ4v) is 1.76. The summed E-state index contributed by atoms with van der Waals surface area (Å²) in [6.45, 7) is 3.50. The lowest BCUT2D eigenvalue weighted by molar-refractivity contribution is 0.0804. The lowest BCUT2D eigenvalue weighted by Crippen LogP contribution is -2.13. The minimum absolute atomic E-state index is 0.149. The van der Waals surface area contributed by atoms with Gasteiger partial charge in [-0.2, -0.15) is 0 Å². The number of hydrogen-bond acceptors (Lipinski definition) is 3. The Labute approximate surface area is 88.4 Å². The third kappa shape index (κ3) is 2.10. The number of oxazole rings is 1. The number of rotatable bonds is 2. The van der Waals surface area contributed by atoms with Crippen LogP contribution in [0.4, 0.5) is 0 Å². The fourth-order valence-electron chi connectivity index (χ4n) is 1.66. The zero-order valence-electron chi connectivity index (χ0n) is 8.20. The molecule has 1 aromatic heterocycles. The molecule has 0 amide bonds. The monoisotopic (exact) mass is 215 g/mol. The van der Waals surface area contributed by atoms with Gasteiger partial charge in [-0.05, 0) is 19.8 Å². The van der Waals surface area contributed by atoms with Gasteiger partial charge in [-0.15, -0.1) is 11.6 Å². The Balaban J connectivity index is 2.07. The van der Waals surface area contributed by atoms with E-state index in [0.717, 1.165) is 31.8 Å². The summed E-state index contributed by atoms with van der Waals surface area (Å²) in [4.78, 5) is 4.15. The smallest absolute Gasteiger partial charge is 0.212 e. The van der Waals surface area contributed by atoms with Gasteiger partial charge in [-0.25, -0.2) is 4.98 Å². The molecule has 1 aliphatic heterocycles. The van der Waals surface area contributed by atoms with Crippen molar-refractivity contribution in [1.82, 2.24) is 4.98 Å². The summed E-state index contributed by atoms with van der Waals surface area (Å²) in [5, 5.41) is -0.149. The first-order chi connectivity index (χ1) is 6.77. The maximum absolute atomic E-state index is 5.87. The van der Waals surface area contributed by atoms with Crippen LogP contribution in [0.2, 0.25) is 0 Å². The standard InChI is InChI=1S/C10H14ClNO2/c1-7(11)10-12-6-9(14-10)8-2-4-13-5-3-8/h6-8H,2-5H2,1H3. The molecular formula is C10H14ClNO2. The third-order valence-electron chi connectivity index (χ3n) is 2.51. The van der Waals surface area contributed by atoms with Crippen molar-refractivity contribution in [2.24, 2.45) is 0 Å². The number of ether oxygens (including phenoxy) is 1. The van der Waals surface area contributed by atoms with Gasteiger partial charge in [-0.1, -0.05) is 0 Å². The van der Waals surface area contributed by atoms with Crippen molar-refractivity contribution >= 4 is 11.6 Å². The Bertz CT molecular complexity index is 292. The van der Waals surface area contributed by atoms with Gasteiger partial charge in [0, 0.05) is 19.1 Å². The third-order valence-corrected chi connectivity index (χ3v) is 2.69. The molecule has 1 atom stereocenters. The van der Waals surface area contributed by atoms with Crippen LogP contribution >= 0.6 is 11.6 Å². The van der Waals surface area contributed by atoms with E-state index < -0.39 is 0 Å². The number of hydrogen-bond donors (Lipinski definition) is 0. The average Bonchev–Trinajstić information content (AvgIpc) is 2.68. The van der Waals surface area contributed by atoms with Crippen LogP contribution in [-0.4, -0.2) is 18.2 Å². The van der Waals surface area contributed by atoms with Gasteiger partial charge in [0.2, 0.25) is 5.89 Å². The number of alkyl halides is 1. The zero-order chi connectivity index (χ0) is 9.97. The van der Waals surface area contributed by atoms with Crippen molar-refractivity contribution in [2.45, 2.75) is 31.1 Å². The Morgan fingerprint density at radius 1 is 1.50 bits per heavy atom. The summed E-state index contributed by atoms with van der Waals surface area (Å²) in [5.74, 6) is 2.03. The van der Waals surface area contributed by atoms with E-state index in [2.05, 4.69) is 4.98 Å². The van der Waals surface area contributed by atoms with Crippen LogP contribution in [-0.2, 0) is 4.74 Å². The van der Waals surface area contributed by atoms with Crippen LogP contribution in [0.3, 0.4) is 0 Å². The van der Waals surface area contributed by atoms with Crippen LogP contribution < -0.4 is 0 Å². The van der Waals surface area contributed by atoms with Crippen LogP contribution in [0.5, 0.6) is 0 Å². The average molecular weight is 216 g/mol. The molecule has 0 saturated carbocycles. The summed E-state index contributed by atoms with van der Waals surface area (Å²) >= 11 is 5.87. The van der Waals surface area contributed by atoms with Gasteiger partial charge in [0.25, 0.3) is 0 Å². The zero-order valence-corrected chi connectivity index (χ0v) is 8.96. The molecule has 4 heteroatoms. The van der Waals surface area contributed by atoms with E-state index in [0.29, 0.717) is 11.8 Å². The first kappa shape index (κ1) is 9.99. The van der Waals surface area contributed by atoms with E-state index in [1.165, 1.54) is 0 Å². The van der Waals surface area contributed by atoms with Crippen LogP contribution in [0.1, 0.15) is 42.7 Å². The van der Waals surface area contributed by atoms with Crippen LogP contribution in [0.15, 0.2) is 10.6 Å². The van der Waals surface area contributed by atoms with Crippen molar-refractivity contribution in [2.75, 3.05) is 13.2 Å². The van der Waals surface area contributed by atoms with Crippen molar-refractivity contribution in [3.63, 3.8) is 0 Å². The van der Waals surface area contributed by atoms with Crippen molar-refractivity contribution in [3.05, 3.63) is 17.8 Å². The van der Waals surface area contributed by atoms with Crippen LogP contribution in [0.25, 0.3) is 0 Å². The molecule has 0 bridgehead atoms. The molecule has 78 valence electrons. The van der Waals surface area contributed by atoms with Gasteiger partial charge in [0.1, 0.15) is 11.1 Å². The molecule has 14 heavy (non-hydrogen) atoms. The highest BCUT2D eigenvalue weighted by atomic mass is 35.5. The quantitative estimate of drug-likeness (QED) is 0.712. The Hall–Kier alpha value is -0.540. The molecule has 0 N–H and O–H groups in total. The molecule has 2 rings (SSSR count). The first-order valence-corrected chi connectivity index (χ1v) is 5.38. The second-order valence-corrected chi connectivity index (χ2v) is 4.26. The normalized spacial score (nSPS) is 21.0. The summed E-state index contributed by atoms with van der Waals surface area (Å²) in [5.41, 5.74) is 0. The molecule has 3 nitrogen and oxygen atoms in total. The van der Waals surface area contributed by atoms with E-state index in [1.54, 1.807) is 6.20 Å². The largest absolute Gasteiger partial charge is 0.444 e. The second-order valence-electron chi connectivity index (χ2n) is 3.60. The topological polar surface area (TPSA) is 35.3 Å². The molecule has 0 spiro atoms. The summed E-state index contributed by atoms with van der Waals surface area (Å²) in [7, 11) is 0. The van der Waals surface area contributed by atoms with Gasteiger partial charge >= 0.3 is 0 Å². The fraction of sp³-hybridized carbons (Fsp3) is 0.700. The van der Waals surface area contributed by atoms with E-state index in [9.17, 15) is 0 Å². The molecule has 1 saturated heterocycles. The maximum atomic E-state index is 5.87. The molecule has 0 aromatic carbocycles. The molecule has 1 aromatic rings. The van der Waals surface area contributed by atoms with Crippen LogP contribution in [0, 0.1) is 0 Å². The Morgan fingerprint density at radius 2 is 2.21 bits per heavy atom. The highest BCUT2D eigenvalue weighted by Gasteiger charge is 2.20. The summed E-state index contributed by atoms with van der Waals surface area (Å²) in [6.07, 6.45) is 3.83. The molecule has 1 aliphatic rings. The minimum Gasteiger partial charge on any atom is -0.444 e. The highest BCUT2D eigenvalue weighted by Crippen LogP contribution is 2.29. The Morgan fingerprint density at radius 3 is 2.79 bits per heavy atom. The number of halogens is 1. The Kier molecular flexibility index (Phi) is 3.08. The predicted octanol–water partition coefficient (Wildman–Crippen LogP) is 2.87. The number of aromatic nitrogens is 1. The predicted molar refractivity (Wildman–Crippen MR) is 53.6 cm³/mol. The molecule has 1 fully saturated rings. The van der Waals surface area contributed by atoms with E-state index in [1.807, 2.05) is 6.92 Å². The van der Waals surface area contributed by atoms with Gasteiger partial charge < -0.3 is 9.15 Å². The lowest BCUT2D eigenvalue weighted by atomic mass is 9.98. The molecule has 2 heterocycles. The van der Waals surface area contributed by atoms with Crippen molar-refractivity contribution in [1.29, 1.82) is 0 Å². The molecule has 0 aliphatic carbocycles. The summed E-state index contributed by atoms with van der Waals surface area (Å²) < 4.78 is 10.9. The highest BCUT2D eigenvalue weighted by molar-refractivity contribution is 6.20. The second kappa shape index (κ2) is 4.32.